The minimum Gasteiger partial charge on any atom is -0.493 e. The normalized spacial score (nSPS) is 14.5. The number of thiazole rings is 1. The fourth-order valence-corrected chi connectivity index (χ4v) is 5.28. The summed E-state index contributed by atoms with van der Waals surface area (Å²) in [5.74, 6) is -0.208. The van der Waals surface area contributed by atoms with Crippen LogP contribution in [0.3, 0.4) is 0 Å². The van der Waals surface area contributed by atoms with Crippen LogP contribution in [0.15, 0.2) is 36.0 Å². The van der Waals surface area contributed by atoms with Crippen LogP contribution in [0.1, 0.15) is 43.6 Å². The fraction of sp³-hybridized carbons (Fsp3) is 0.320. The van der Waals surface area contributed by atoms with E-state index < -0.39 is 17.7 Å². The van der Waals surface area contributed by atoms with Crippen molar-refractivity contribution >= 4 is 38.4 Å². The molecule has 7 heteroatoms. The average Bonchev–Trinajstić information content (AvgIpc) is 3.19. The SMILES string of the molecule is Cc1cc2ncsc2c(-c2ccc3c4c(ccnc24)CCO3)c1[C@H](OC(C)(C)C)C(=O)O. The highest BCUT2D eigenvalue weighted by Gasteiger charge is 2.33. The van der Waals surface area contributed by atoms with Crippen molar-refractivity contribution in [3.8, 4) is 16.9 Å². The largest absolute Gasteiger partial charge is 0.493 e. The first-order chi connectivity index (χ1) is 15.2. The van der Waals surface area contributed by atoms with Gasteiger partial charge in [0.05, 0.1) is 33.5 Å². The topological polar surface area (TPSA) is 81.5 Å². The second kappa shape index (κ2) is 7.53. The van der Waals surface area contributed by atoms with Crippen molar-refractivity contribution in [2.75, 3.05) is 6.61 Å². The highest BCUT2D eigenvalue weighted by Crippen LogP contribution is 2.45. The molecule has 0 unspecified atom stereocenters. The van der Waals surface area contributed by atoms with Gasteiger partial charge in [-0.05, 0) is 63.1 Å². The van der Waals surface area contributed by atoms with Gasteiger partial charge in [0.25, 0.3) is 0 Å². The van der Waals surface area contributed by atoms with Gasteiger partial charge in [0, 0.05) is 34.7 Å². The zero-order valence-electron chi connectivity index (χ0n) is 18.4. The van der Waals surface area contributed by atoms with Gasteiger partial charge in [-0.25, -0.2) is 9.78 Å². The minimum atomic E-state index is -1.13. The second-order valence-electron chi connectivity index (χ2n) is 9.03. The van der Waals surface area contributed by atoms with E-state index in [1.54, 1.807) is 5.51 Å². The predicted molar refractivity (Wildman–Crippen MR) is 126 cm³/mol. The van der Waals surface area contributed by atoms with E-state index in [1.165, 1.54) is 16.9 Å². The van der Waals surface area contributed by atoms with Gasteiger partial charge in [0.15, 0.2) is 6.10 Å². The van der Waals surface area contributed by atoms with E-state index in [4.69, 9.17) is 14.5 Å². The first kappa shape index (κ1) is 20.8. The number of aryl methyl sites for hydroxylation is 1. The molecule has 1 atom stereocenters. The second-order valence-corrected chi connectivity index (χ2v) is 9.89. The van der Waals surface area contributed by atoms with Crippen molar-refractivity contribution in [2.24, 2.45) is 0 Å². The summed E-state index contributed by atoms with van der Waals surface area (Å²) in [6.07, 6.45) is 1.51. The number of hydrogen-bond donors (Lipinski definition) is 1. The van der Waals surface area contributed by atoms with Gasteiger partial charge < -0.3 is 14.6 Å². The maximum atomic E-state index is 12.4. The maximum Gasteiger partial charge on any atom is 0.337 e. The molecule has 3 heterocycles. The average molecular weight is 449 g/mol. The number of aliphatic carboxylic acids is 1. The predicted octanol–water partition coefficient (Wildman–Crippen LogP) is 5.70. The number of fused-ring (bicyclic) bond motifs is 1. The smallest absolute Gasteiger partial charge is 0.337 e. The molecule has 0 saturated heterocycles. The molecule has 0 amide bonds. The van der Waals surface area contributed by atoms with E-state index in [2.05, 4.69) is 4.98 Å². The Labute approximate surface area is 189 Å². The molecule has 1 N–H and O–H groups in total. The third-order valence-corrected chi connectivity index (χ3v) is 6.53. The Hall–Kier alpha value is -3.03. The number of carbonyl (C=O) groups is 1. The van der Waals surface area contributed by atoms with Gasteiger partial charge in [0.2, 0.25) is 0 Å². The van der Waals surface area contributed by atoms with Crippen LogP contribution in [0.5, 0.6) is 5.75 Å². The quantitative estimate of drug-likeness (QED) is 0.432. The summed E-state index contributed by atoms with van der Waals surface area (Å²) in [7, 11) is 0. The first-order valence-corrected chi connectivity index (χ1v) is 11.4. The molecule has 1 aliphatic heterocycles. The molecule has 0 spiro atoms. The Morgan fingerprint density at radius 2 is 2.06 bits per heavy atom. The van der Waals surface area contributed by atoms with Gasteiger partial charge in [-0.15, -0.1) is 11.3 Å². The molecule has 0 saturated carbocycles. The molecule has 0 fully saturated rings. The lowest BCUT2D eigenvalue weighted by molar-refractivity contribution is -0.160. The minimum absolute atomic E-state index is 0.637. The molecule has 2 aromatic carbocycles. The molecule has 2 aromatic heterocycles. The van der Waals surface area contributed by atoms with Crippen molar-refractivity contribution in [3.63, 3.8) is 0 Å². The van der Waals surface area contributed by atoms with E-state index in [0.717, 1.165) is 50.0 Å². The fourth-order valence-electron chi connectivity index (χ4n) is 4.44. The van der Waals surface area contributed by atoms with Crippen LogP contribution in [0.25, 0.3) is 32.2 Å². The van der Waals surface area contributed by atoms with Crippen molar-refractivity contribution in [3.05, 3.63) is 52.7 Å². The van der Waals surface area contributed by atoms with Crippen LogP contribution in [0.4, 0.5) is 0 Å². The number of benzene rings is 2. The van der Waals surface area contributed by atoms with Gasteiger partial charge in [-0.1, -0.05) is 0 Å². The number of nitrogens with zero attached hydrogens (tertiary/aromatic N) is 2. The standard InChI is InChI=1S/C25H24N2O4S/c1-13-11-16-23(32-12-27-16)20(18(13)22(24(28)29)31-25(2,3)4)15-5-6-17-19-14(8-10-30-17)7-9-26-21(15)19/h5-7,9,11-12,22H,8,10H2,1-4H3,(H,28,29)/t22-/m0/s1. The van der Waals surface area contributed by atoms with E-state index >= 15 is 0 Å². The molecule has 164 valence electrons. The third kappa shape index (κ3) is 3.42. The van der Waals surface area contributed by atoms with E-state index in [1.807, 2.05) is 58.2 Å². The molecule has 6 nitrogen and oxygen atoms in total. The molecule has 5 rings (SSSR count). The zero-order valence-corrected chi connectivity index (χ0v) is 19.2. The van der Waals surface area contributed by atoms with Crippen LogP contribution in [-0.4, -0.2) is 33.3 Å². The molecule has 0 radical (unpaired) electrons. The van der Waals surface area contributed by atoms with Crippen molar-refractivity contribution in [1.29, 1.82) is 0 Å². The number of rotatable bonds is 4. The Morgan fingerprint density at radius 3 is 2.81 bits per heavy atom. The lowest BCUT2D eigenvalue weighted by Crippen LogP contribution is -2.28. The molecule has 32 heavy (non-hydrogen) atoms. The van der Waals surface area contributed by atoms with E-state index in [0.29, 0.717) is 12.2 Å². The summed E-state index contributed by atoms with van der Waals surface area (Å²) < 4.78 is 12.9. The summed E-state index contributed by atoms with van der Waals surface area (Å²) in [5, 5.41) is 11.2. The third-order valence-electron chi connectivity index (χ3n) is 5.67. The highest BCUT2D eigenvalue weighted by atomic mass is 32.1. The van der Waals surface area contributed by atoms with Crippen LogP contribution in [-0.2, 0) is 16.0 Å². The summed E-state index contributed by atoms with van der Waals surface area (Å²) in [6.45, 7) is 8.15. The number of ether oxygens (including phenoxy) is 2. The molecule has 1 aliphatic rings. The van der Waals surface area contributed by atoms with Crippen LogP contribution >= 0.6 is 11.3 Å². The van der Waals surface area contributed by atoms with Crippen LogP contribution in [0, 0.1) is 6.92 Å². The number of aromatic nitrogens is 2. The van der Waals surface area contributed by atoms with Crippen LogP contribution in [0.2, 0.25) is 0 Å². The maximum absolute atomic E-state index is 12.4. The monoisotopic (exact) mass is 448 g/mol. The summed E-state index contributed by atoms with van der Waals surface area (Å²) in [5.41, 5.74) is 7.14. The molecule has 0 aliphatic carbocycles. The van der Waals surface area contributed by atoms with Gasteiger partial charge in [-0.2, -0.15) is 0 Å². The van der Waals surface area contributed by atoms with E-state index in [-0.39, 0.29) is 0 Å². The van der Waals surface area contributed by atoms with Crippen molar-refractivity contribution in [2.45, 2.75) is 45.8 Å². The zero-order chi connectivity index (χ0) is 22.6. The van der Waals surface area contributed by atoms with Crippen molar-refractivity contribution < 1.29 is 19.4 Å². The molecular formula is C25H24N2O4S. The molecule has 4 aromatic rings. The Morgan fingerprint density at radius 1 is 1.25 bits per heavy atom. The number of carboxylic acids is 1. The van der Waals surface area contributed by atoms with Gasteiger partial charge in [0.1, 0.15) is 5.75 Å². The summed E-state index contributed by atoms with van der Waals surface area (Å²) >= 11 is 1.50. The number of pyridine rings is 1. The number of carboxylic acid groups (broad SMARTS) is 1. The lowest BCUT2D eigenvalue weighted by Gasteiger charge is -2.28. The van der Waals surface area contributed by atoms with Crippen LogP contribution < -0.4 is 4.74 Å². The first-order valence-electron chi connectivity index (χ1n) is 10.6. The Kier molecular flexibility index (Phi) is 4.91. The molecule has 0 bridgehead atoms. The van der Waals surface area contributed by atoms with Gasteiger partial charge in [-0.3, -0.25) is 4.98 Å². The van der Waals surface area contributed by atoms with E-state index in [9.17, 15) is 9.90 Å². The molecular weight excluding hydrogens is 424 g/mol. The Balaban J connectivity index is 1.88. The highest BCUT2D eigenvalue weighted by molar-refractivity contribution is 7.17. The van der Waals surface area contributed by atoms with Crippen molar-refractivity contribution in [1.82, 2.24) is 9.97 Å². The van der Waals surface area contributed by atoms with Gasteiger partial charge >= 0.3 is 5.97 Å². The summed E-state index contributed by atoms with van der Waals surface area (Å²) in [4.78, 5) is 21.7. The Bertz CT molecular complexity index is 1360. The number of hydrogen-bond acceptors (Lipinski definition) is 6. The lowest BCUT2D eigenvalue weighted by atomic mass is 9.89. The summed E-state index contributed by atoms with van der Waals surface area (Å²) in [6, 6.07) is 7.91.